The van der Waals surface area contributed by atoms with E-state index in [2.05, 4.69) is 12.2 Å². The number of nitrogens with one attached hydrogen (secondary N) is 1. The number of carbonyl (C=O) groups excluding carboxylic acids is 2. The lowest BCUT2D eigenvalue weighted by Gasteiger charge is -2.14. The Labute approximate surface area is 158 Å². The zero-order chi connectivity index (χ0) is 19.3. The van der Waals surface area contributed by atoms with Crippen molar-refractivity contribution < 1.29 is 18.7 Å². The fourth-order valence-electron chi connectivity index (χ4n) is 3.21. The first kappa shape index (κ1) is 19.1. The van der Waals surface area contributed by atoms with Gasteiger partial charge in [-0.3, -0.25) is 9.59 Å². The molecule has 1 fully saturated rings. The van der Waals surface area contributed by atoms with E-state index < -0.39 is 5.82 Å². The molecule has 27 heavy (non-hydrogen) atoms. The minimum Gasteiger partial charge on any atom is -0.461 e. The van der Waals surface area contributed by atoms with Crippen molar-refractivity contribution in [2.24, 2.45) is 0 Å². The van der Waals surface area contributed by atoms with Gasteiger partial charge in [-0.2, -0.15) is 0 Å². The van der Waals surface area contributed by atoms with Crippen molar-refractivity contribution in [3.8, 4) is 0 Å². The molecule has 0 bridgehead atoms. The van der Waals surface area contributed by atoms with E-state index >= 15 is 0 Å². The number of halogens is 1. The molecule has 0 atom stereocenters. The Bertz CT molecular complexity index is 816. The van der Waals surface area contributed by atoms with Gasteiger partial charge in [-0.05, 0) is 54.0 Å². The summed E-state index contributed by atoms with van der Waals surface area (Å²) in [6.07, 6.45) is 3.06. The lowest BCUT2D eigenvalue weighted by Crippen LogP contribution is -2.27. The SMILES string of the molecule is CCC1(c2cc(F)cc(C(=O)NCCC(=O)OCc3ccccc3)c2)CC1. The molecule has 0 spiro atoms. The van der Waals surface area contributed by atoms with E-state index in [4.69, 9.17) is 4.74 Å². The molecule has 0 heterocycles. The summed E-state index contributed by atoms with van der Waals surface area (Å²) in [5.41, 5.74) is 2.12. The van der Waals surface area contributed by atoms with E-state index in [1.54, 1.807) is 6.07 Å². The van der Waals surface area contributed by atoms with Crippen molar-refractivity contribution in [2.45, 2.75) is 44.6 Å². The molecule has 0 aromatic heterocycles. The Kier molecular flexibility index (Phi) is 5.89. The Morgan fingerprint density at radius 1 is 1.15 bits per heavy atom. The maximum atomic E-state index is 13.9. The predicted molar refractivity (Wildman–Crippen MR) is 101 cm³/mol. The highest BCUT2D eigenvalue weighted by Crippen LogP contribution is 2.51. The number of rotatable bonds is 8. The first-order valence-electron chi connectivity index (χ1n) is 9.31. The third-order valence-electron chi connectivity index (χ3n) is 5.16. The Morgan fingerprint density at radius 3 is 2.56 bits per heavy atom. The molecule has 1 aliphatic rings. The molecule has 142 valence electrons. The molecular weight excluding hydrogens is 345 g/mol. The van der Waals surface area contributed by atoms with Crippen LogP contribution in [-0.2, 0) is 21.6 Å². The number of ether oxygens (including phenoxy) is 1. The van der Waals surface area contributed by atoms with E-state index in [1.807, 2.05) is 30.3 Å². The Morgan fingerprint density at radius 2 is 1.89 bits per heavy atom. The number of hydrogen-bond donors (Lipinski definition) is 1. The van der Waals surface area contributed by atoms with Crippen LogP contribution in [0.15, 0.2) is 48.5 Å². The van der Waals surface area contributed by atoms with E-state index in [1.165, 1.54) is 12.1 Å². The first-order chi connectivity index (χ1) is 13.0. The van der Waals surface area contributed by atoms with Gasteiger partial charge in [0, 0.05) is 12.1 Å². The molecule has 1 amide bonds. The summed E-state index contributed by atoms with van der Waals surface area (Å²) >= 11 is 0. The van der Waals surface area contributed by atoms with Crippen molar-refractivity contribution in [3.05, 3.63) is 71.0 Å². The second-order valence-corrected chi connectivity index (χ2v) is 7.01. The molecule has 5 heteroatoms. The number of benzene rings is 2. The highest BCUT2D eigenvalue weighted by molar-refractivity contribution is 5.94. The molecule has 0 unspecified atom stereocenters. The Balaban J connectivity index is 1.49. The van der Waals surface area contributed by atoms with Crippen LogP contribution in [-0.4, -0.2) is 18.4 Å². The maximum absolute atomic E-state index is 13.9. The fraction of sp³-hybridized carbons (Fsp3) is 0.364. The quantitative estimate of drug-likeness (QED) is 0.712. The van der Waals surface area contributed by atoms with Crippen molar-refractivity contribution >= 4 is 11.9 Å². The minimum atomic E-state index is -0.403. The van der Waals surface area contributed by atoms with Gasteiger partial charge in [-0.15, -0.1) is 0 Å². The molecular formula is C22H24FNO3. The molecule has 0 radical (unpaired) electrons. The summed E-state index contributed by atoms with van der Waals surface area (Å²) in [6, 6.07) is 13.9. The van der Waals surface area contributed by atoms with Gasteiger partial charge in [-0.25, -0.2) is 4.39 Å². The van der Waals surface area contributed by atoms with Gasteiger partial charge < -0.3 is 10.1 Å². The van der Waals surface area contributed by atoms with E-state index in [9.17, 15) is 14.0 Å². The highest BCUT2D eigenvalue weighted by Gasteiger charge is 2.42. The van der Waals surface area contributed by atoms with Gasteiger partial charge >= 0.3 is 5.97 Å². The van der Waals surface area contributed by atoms with Gasteiger partial charge in [0.15, 0.2) is 0 Å². The predicted octanol–water partition coefficient (Wildman–Crippen LogP) is 4.13. The van der Waals surface area contributed by atoms with E-state index in [0.29, 0.717) is 5.56 Å². The van der Waals surface area contributed by atoms with Crippen LogP contribution < -0.4 is 5.32 Å². The molecule has 4 nitrogen and oxygen atoms in total. The van der Waals surface area contributed by atoms with Crippen LogP contribution in [0.25, 0.3) is 0 Å². The fourth-order valence-corrected chi connectivity index (χ4v) is 3.21. The van der Waals surface area contributed by atoms with Crippen molar-refractivity contribution in [1.82, 2.24) is 5.32 Å². The highest BCUT2D eigenvalue weighted by atomic mass is 19.1. The summed E-state index contributed by atoms with van der Waals surface area (Å²) < 4.78 is 19.1. The van der Waals surface area contributed by atoms with Crippen LogP contribution in [0.3, 0.4) is 0 Å². The second kappa shape index (κ2) is 8.33. The van der Waals surface area contributed by atoms with Crippen molar-refractivity contribution in [3.63, 3.8) is 0 Å². The number of amides is 1. The average Bonchev–Trinajstić information content (AvgIpc) is 3.48. The number of hydrogen-bond acceptors (Lipinski definition) is 3. The normalized spacial score (nSPS) is 14.4. The average molecular weight is 369 g/mol. The van der Waals surface area contributed by atoms with Gasteiger partial charge in [0.05, 0.1) is 6.42 Å². The van der Waals surface area contributed by atoms with Gasteiger partial charge in [0.25, 0.3) is 5.91 Å². The van der Waals surface area contributed by atoms with Crippen LogP contribution in [0.2, 0.25) is 0 Å². The van der Waals surface area contributed by atoms with Crippen LogP contribution >= 0.6 is 0 Å². The van der Waals surface area contributed by atoms with Crippen molar-refractivity contribution in [2.75, 3.05) is 6.54 Å². The smallest absolute Gasteiger partial charge is 0.307 e. The molecule has 3 rings (SSSR count). The van der Waals surface area contributed by atoms with Crippen LogP contribution in [0.5, 0.6) is 0 Å². The van der Waals surface area contributed by atoms with Crippen LogP contribution in [0, 0.1) is 5.82 Å². The molecule has 0 saturated heterocycles. The zero-order valence-electron chi connectivity index (χ0n) is 15.5. The van der Waals surface area contributed by atoms with Gasteiger partial charge in [0.2, 0.25) is 0 Å². The van der Waals surface area contributed by atoms with Crippen molar-refractivity contribution in [1.29, 1.82) is 0 Å². The summed E-state index contributed by atoms with van der Waals surface area (Å²) in [4.78, 5) is 24.1. The van der Waals surface area contributed by atoms with Gasteiger partial charge in [-0.1, -0.05) is 37.3 Å². The number of esters is 1. The molecule has 2 aromatic rings. The topological polar surface area (TPSA) is 55.4 Å². The lowest BCUT2D eigenvalue weighted by atomic mass is 9.91. The van der Waals surface area contributed by atoms with Crippen LogP contribution in [0.1, 0.15) is 54.1 Å². The summed E-state index contributed by atoms with van der Waals surface area (Å²) in [7, 11) is 0. The third kappa shape index (κ3) is 4.94. The molecule has 1 saturated carbocycles. The summed E-state index contributed by atoms with van der Waals surface area (Å²) in [5, 5.41) is 2.67. The van der Waals surface area contributed by atoms with E-state index in [-0.39, 0.29) is 36.9 Å². The zero-order valence-corrected chi connectivity index (χ0v) is 15.5. The van der Waals surface area contributed by atoms with E-state index in [0.717, 1.165) is 30.4 Å². The van der Waals surface area contributed by atoms with Crippen LogP contribution in [0.4, 0.5) is 4.39 Å². The third-order valence-corrected chi connectivity index (χ3v) is 5.16. The molecule has 1 N–H and O–H groups in total. The minimum absolute atomic E-state index is 0.0262. The Hall–Kier alpha value is -2.69. The lowest BCUT2D eigenvalue weighted by molar-refractivity contribution is -0.144. The summed E-state index contributed by atoms with van der Waals surface area (Å²) in [5.74, 6) is -1.17. The molecule has 0 aliphatic heterocycles. The first-order valence-corrected chi connectivity index (χ1v) is 9.31. The largest absolute Gasteiger partial charge is 0.461 e. The monoisotopic (exact) mass is 369 g/mol. The maximum Gasteiger partial charge on any atom is 0.307 e. The number of carbonyl (C=O) groups is 2. The summed E-state index contributed by atoms with van der Waals surface area (Å²) in [6.45, 7) is 2.44. The standard InChI is InChI=1S/C22H24FNO3/c1-2-22(9-10-22)18-12-17(13-19(23)14-18)21(26)24-11-8-20(25)27-15-16-6-4-3-5-7-16/h3-7,12-14H,2,8-11,15H2,1H3,(H,24,26). The second-order valence-electron chi connectivity index (χ2n) is 7.01. The molecule has 2 aromatic carbocycles. The molecule has 1 aliphatic carbocycles. The van der Waals surface area contributed by atoms with Gasteiger partial charge in [0.1, 0.15) is 12.4 Å².